The number of nitrogens with two attached hydrogens (primary N) is 1. The SMILES string of the molecule is CCCCCc1cc2c(c3c1NC(=O)C3(C)C)OC(CN)C2. The van der Waals surface area contributed by atoms with Crippen LogP contribution in [0.4, 0.5) is 5.69 Å². The molecule has 0 bridgehead atoms. The molecule has 0 aromatic heterocycles. The maximum Gasteiger partial charge on any atom is 0.234 e. The third kappa shape index (κ3) is 2.30. The van der Waals surface area contributed by atoms with Gasteiger partial charge < -0.3 is 15.8 Å². The molecule has 1 unspecified atom stereocenters. The van der Waals surface area contributed by atoms with E-state index < -0.39 is 5.41 Å². The van der Waals surface area contributed by atoms with Gasteiger partial charge in [-0.15, -0.1) is 0 Å². The van der Waals surface area contributed by atoms with Crippen molar-refractivity contribution in [3.8, 4) is 5.75 Å². The summed E-state index contributed by atoms with van der Waals surface area (Å²) in [4.78, 5) is 12.4. The van der Waals surface area contributed by atoms with Crippen LogP contribution in [0.3, 0.4) is 0 Å². The van der Waals surface area contributed by atoms with Gasteiger partial charge in [0.05, 0.1) is 11.1 Å². The van der Waals surface area contributed by atoms with E-state index in [0.29, 0.717) is 6.54 Å². The lowest BCUT2D eigenvalue weighted by molar-refractivity contribution is -0.119. The molecule has 0 radical (unpaired) electrons. The number of carbonyl (C=O) groups excluding carboxylic acids is 1. The molecule has 4 heteroatoms. The van der Waals surface area contributed by atoms with Gasteiger partial charge in [-0.05, 0) is 43.9 Å². The molecule has 0 saturated carbocycles. The van der Waals surface area contributed by atoms with E-state index in [2.05, 4.69) is 18.3 Å². The Morgan fingerprint density at radius 2 is 2.18 bits per heavy atom. The molecule has 2 heterocycles. The van der Waals surface area contributed by atoms with Crippen LogP contribution in [0, 0.1) is 0 Å². The van der Waals surface area contributed by atoms with Crippen LogP contribution >= 0.6 is 0 Å². The summed E-state index contributed by atoms with van der Waals surface area (Å²) in [5, 5.41) is 3.10. The summed E-state index contributed by atoms with van der Waals surface area (Å²) in [6, 6.07) is 2.22. The molecule has 1 amide bonds. The molecule has 22 heavy (non-hydrogen) atoms. The Kier molecular flexibility index (Phi) is 3.89. The highest BCUT2D eigenvalue weighted by atomic mass is 16.5. The van der Waals surface area contributed by atoms with Crippen molar-refractivity contribution in [3.63, 3.8) is 0 Å². The minimum Gasteiger partial charge on any atom is -0.488 e. The van der Waals surface area contributed by atoms with Crippen molar-refractivity contribution in [1.29, 1.82) is 0 Å². The van der Waals surface area contributed by atoms with E-state index in [1.165, 1.54) is 24.0 Å². The largest absolute Gasteiger partial charge is 0.488 e. The second-order valence-electron chi connectivity index (χ2n) is 6.99. The summed E-state index contributed by atoms with van der Waals surface area (Å²) in [5.74, 6) is 0.959. The Morgan fingerprint density at radius 3 is 2.86 bits per heavy atom. The minimum atomic E-state index is -0.538. The van der Waals surface area contributed by atoms with Crippen LogP contribution in [-0.2, 0) is 23.1 Å². The smallest absolute Gasteiger partial charge is 0.234 e. The number of aryl methyl sites for hydroxylation is 1. The molecule has 2 aliphatic heterocycles. The zero-order valence-electron chi connectivity index (χ0n) is 13.8. The molecule has 2 aliphatic rings. The van der Waals surface area contributed by atoms with Crippen LogP contribution in [-0.4, -0.2) is 18.6 Å². The van der Waals surface area contributed by atoms with Crippen molar-refractivity contribution in [1.82, 2.24) is 0 Å². The van der Waals surface area contributed by atoms with Crippen LogP contribution < -0.4 is 15.8 Å². The summed E-state index contributed by atoms with van der Waals surface area (Å²) in [5.41, 5.74) is 9.74. The van der Waals surface area contributed by atoms with Gasteiger partial charge in [0.15, 0.2) is 0 Å². The predicted octanol–water partition coefficient (Wildman–Crippen LogP) is 2.91. The summed E-state index contributed by atoms with van der Waals surface area (Å²) < 4.78 is 6.05. The molecule has 1 aromatic carbocycles. The van der Waals surface area contributed by atoms with Gasteiger partial charge in [-0.3, -0.25) is 4.79 Å². The van der Waals surface area contributed by atoms with E-state index >= 15 is 0 Å². The summed E-state index contributed by atoms with van der Waals surface area (Å²) in [6.45, 7) is 6.67. The van der Waals surface area contributed by atoms with E-state index in [4.69, 9.17) is 10.5 Å². The molecule has 3 rings (SSSR count). The summed E-state index contributed by atoms with van der Waals surface area (Å²) in [6.07, 6.45) is 5.46. The number of nitrogens with one attached hydrogen (secondary N) is 1. The van der Waals surface area contributed by atoms with Crippen LogP contribution in [0.2, 0.25) is 0 Å². The molecule has 4 nitrogen and oxygen atoms in total. The molecule has 1 aromatic rings. The average Bonchev–Trinajstić information content (AvgIpc) is 2.98. The lowest BCUT2D eigenvalue weighted by atomic mass is 9.83. The molecular formula is C18H26N2O2. The molecular weight excluding hydrogens is 276 g/mol. The van der Waals surface area contributed by atoms with Crippen molar-refractivity contribution in [3.05, 3.63) is 22.8 Å². The first-order chi connectivity index (χ1) is 10.5. The van der Waals surface area contributed by atoms with Gasteiger partial charge in [-0.1, -0.05) is 19.8 Å². The zero-order chi connectivity index (χ0) is 15.9. The summed E-state index contributed by atoms with van der Waals surface area (Å²) in [7, 11) is 0. The third-order valence-corrected chi connectivity index (χ3v) is 4.91. The maximum absolute atomic E-state index is 12.4. The number of benzene rings is 1. The fourth-order valence-corrected chi connectivity index (χ4v) is 3.54. The molecule has 0 fully saturated rings. The number of hydrogen-bond acceptors (Lipinski definition) is 3. The number of rotatable bonds is 5. The Labute approximate surface area is 132 Å². The topological polar surface area (TPSA) is 64.3 Å². The lowest BCUT2D eigenvalue weighted by Crippen LogP contribution is -2.28. The monoisotopic (exact) mass is 302 g/mol. The van der Waals surface area contributed by atoms with Crippen molar-refractivity contribution >= 4 is 11.6 Å². The average molecular weight is 302 g/mol. The number of amides is 1. The number of fused-ring (bicyclic) bond motifs is 3. The highest BCUT2D eigenvalue weighted by Gasteiger charge is 2.44. The van der Waals surface area contributed by atoms with E-state index in [-0.39, 0.29) is 12.0 Å². The van der Waals surface area contributed by atoms with Crippen molar-refractivity contribution in [2.45, 2.75) is 64.4 Å². The maximum atomic E-state index is 12.4. The van der Waals surface area contributed by atoms with Crippen LogP contribution in [0.15, 0.2) is 6.07 Å². The second kappa shape index (κ2) is 5.58. The van der Waals surface area contributed by atoms with Gasteiger partial charge in [0.2, 0.25) is 5.91 Å². The first-order valence-corrected chi connectivity index (χ1v) is 8.36. The minimum absolute atomic E-state index is 0.0384. The first-order valence-electron chi connectivity index (χ1n) is 8.36. The fraction of sp³-hybridized carbons (Fsp3) is 0.611. The normalized spacial score (nSPS) is 21.3. The Hall–Kier alpha value is -1.55. The fourth-order valence-electron chi connectivity index (χ4n) is 3.54. The highest BCUT2D eigenvalue weighted by Crippen LogP contribution is 2.49. The van der Waals surface area contributed by atoms with Gasteiger partial charge in [0, 0.05) is 18.5 Å². The van der Waals surface area contributed by atoms with Gasteiger partial charge >= 0.3 is 0 Å². The van der Waals surface area contributed by atoms with E-state index in [9.17, 15) is 4.79 Å². The van der Waals surface area contributed by atoms with Crippen molar-refractivity contribution in [2.75, 3.05) is 11.9 Å². The van der Waals surface area contributed by atoms with Crippen molar-refractivity contribution < 1.29 is 9.53 Å². The highest BCUT2D eigenvalue weighted by molar-refractivity contribution is 6.07. The van der Waals surface area contributed by atoms with E-state index in [0.717, 1.165) is 36.3 Å². The van der Waals surface area contributed by atoms with Crippen LogP contribution in [0.5, 0.6) is 5.75 Å². The second-order valence-corrected chi connectivity index (χ2v) is 6.99. The lowest BCUT2D eigenvalue weighted by Gasteiger charge is -2.20. The number of hydrogen-bond donors (Lipinski definition) is 2. The summed E-state index contributed by atoms with van der Waals surface area (Å²) >= 11 is 0. The van der Waals surface area contributed by atoms with Crippen molar-refractivity contribution in [2.24, 2.45) is 5.73 Å². The quantitative estimate of drug-likeness (QED) is 0.822. The standard InChI is InChI=1S/C18H26N2O2/c1-4-5-6-7-11-8-12-9-13(10-19)22-16(12)14-15(11)20-17(21)18(14,2)3/h8,13H,4-7,9-10,19H2,1-3H3,(H,20,21). The number of carbonyl (C=O) groups is 1. The molecule has 0 spiro atoms. The van der Waals surface area contributed by atoms with E-state index in [1.54, 1.807) is 0 Å². The van der Waals surface area contributed by atoms with Gasteiger partial charge in [0.25, 0.3) is 0 Å². The Balaban J connectivity index is 2.05. The molecule has 120 valence electrons. The number of ether oxygens (including phenoxy) is 1. The Morgan fingerprint density at radius 1 is 1.41 bits per heavy atom. The zero-order valence-corrected chi connectivity index (χ0v) is 13.8. The molecule has 1 atom stereocenters. The van der Waals surface area contributed by atoms with Gasteiger partial charge in [-0.2, -0.15) is 0 Å². The number of anilines is 1. The van der Waals surface area contributed by atoms with Crippen LogP contribution in [0.1, 0.15) is 56.7 Å². The molecule has 0 saturated heterocycles. The number of unbranched alkanes of at least 4 members (excludes halogenated alkanes) is 2. The molecule has 3 N–H and O–H groups in total. The van der Waals surface area contributed by atoms with Crippen LogP contribution in [0.25, 0.3) is 0 Å². The predicted molar refractivity (Wildman–Crippen MR) is 88.5 cm³/mol. The van der Waals surface area contributed by atoms with Gasteiger partial charge in [-0.25, -0.2) is 0 Å². The van der Waals surface area contributed by atoms with Gasteiger partial charge in [0.1, 0.15) is 11.9 Å². The first kappa shape index (κ1) is 15.3. The van der Waals surface area contributed by atoms with E-state index in [1.807, 2.05) is 13.8 Å². The Bertz CT molecular complexity index is 608. The third-order valence-electron chi connectivity index (χ3n) is 4.91. The molecule has 0 aliphatic carbocycles.